The second-order valence-corrected chi connectivity index (χ2v) is 5.92. The minimum absolute atomic E-state index is 0.346. The van der Waals surface area contributed by atoms with Crippen molar-refractivity contribution in [2.45, 2.75) is 39.5 Å². The van der Waals surface area contributed by atoms with Crippen LogP contribution in [0.3, 0.4) is 0 Å². The second kappa shape index (κ2) is 9.70. The van der Waals surface area contributed by atoms with Gasteiger partial charge in [0.25, 0.3) is 0 Å². The number of carbonyl (C=O) groups is 2. The van der Waals surface area contributed by atoms with Gasteiger partial charge in [-0.15, -0.1) is 0 Å². The summed E-state index contributed by atoms with van der Waals surface area (Å²) >= 11 is 11.9. The van der Waals surface area contributed by atoms with Gasteiger partial charge in [0.05, 0.1) is 10.7 Å². The van der Waals surface area contributed by atoms with E-state index in [1.165, 1.54) is 6.07 Å². The number of halogens is 2. The van der Waals surface area contributed by atoms with Crippen molar-refractivity contribution in [3.05, 3.63) is 28.2 Å². The van der Waals surface area contributed by atoms with Crippen molar-refractivity contribution in [1.82, 2.24) is 4.90 Å². The van der Waals surface area contributed by atoms with E-state index in [9.17, 15) is 9.59 Å². The molecule has 0 aromatic heterocycles. The number of anilines is 1. The molecule has 1 aromatic rings. The van der Waals surface area contributed by atoms with Crippen LogP contribution in [0.1, 0.15) is 39.5 Å². The molecule has 122 valence electrons. The highest BCUT2D eigenvalue weighted by Gasteiger charge is 2.21. The van der Waals surface area contributed by atoms with Crippen LogP contribution in [0.25, 0.3) is 0 Å². The third-order valence-electron chi connectivity index (χ3n) is 3.22. The molecule has 0 bridgehead atoms. The van der Waals surface area contributed by atoms with Crippen LogP contribution >= 0.6 is 23.2 Å². The number of nitrogens with zero attached hydrogens (tertiary/aromatic N) is 1. The summed E-state index contributed by atoms with van der Waals surface area (Å²) in [5.74, 6) is -1.21. The zero-order valence-electron chi connectivity index (χ0n) is 13.0. The fourth-order valence-electron chi connectivity index (χ4n) is 1.93. The predicted molar refractivity (Wildman–Crippen MR) is 91.5 cm³/mol. The molecule has 0 aliphatic rings. The molecule has 1 N–H and O–H groups in total. The molecule has 0 saturated heterocycles. The molecule has 0 unspecified atom stereocenters. The monoisotopic (exact) mass is 344 g/mol. The lowest BCUT2D eigenvalue weighted by molar-refractivity contribution is -0.143. The molecule has 22 heavy (non-hydrogen) atoms. The van der Waals surface area contributed by atoms with E-state index in [0.29, 0.717) is 28.8 Å². The summed E-state index contributed by atoms with van der Waals surface area (Å²) in [6.07, 6.45) is 3.69. The highest BCUT2D eigenvalue weighted by molar-refractivity contribution is 6.42. The maximum Gasteiger partial charge on any atom is 0.313 e. The SMILES string of the molecule is CCCCN(CCCC)C(=O)C(=O)Nc1cc(Cl)ccc1Cl. The van der Waals surface area contributed by atoms with Crippen molar-refractivity contribution in [2.75, 3.05) is 18.4 Å². The number of hydrogen-bond acceptors (Lipinski definition) is 2. The van der Waals surface area contributed by atoms with E-state index in [0.717, 1.165) is 25.7 Å². The predicted octanol–water partition coefficient (Wildman–Crippen LogP) is 4.36. The van der Waals surface area contributed by atoms with Crippen molar-refractivity contribution in [1.29, 1.82) is 0 Å². The molecule has 0 aliphatic carbocycles. The number of rotatable bonds is 7. The van der Waals surface area contributed by atoms with E-state index in [1.54, 1.807) is 17.0 Å². The summed E-state index contributed by atoms with van der Waals surface area (Å²) in [4.78, 5) is 26.0. The zero-order valence-corrected chi connectivity index (χ0v) is 14.5. The van der Waals surface area contributed by atoms with Crippen molar-refractivity contribution in [3.8, 4) is 0 Å². The lowest BCUT2D eigenvalue weighted by Crippen LogP contribution is -2.40. The Hall–Kier alpha value is -1.26. The number of amides is 2. The van der Waals surface area contributed by atoms with Crippen LogP contribution in [0.2, 0.25) is 10.0 Å². The third-order valence-corrected chi connectivity index (χ3v) is 3.79. The van der Waals surface area contributed by atoms with Crippen LogP contribution in [0, 0.1) is 0 Å². The van der Waals surface area contributed by atoms with Crippen LogP contribution in [0.5, 0.6) is 0 Å². The van der Waals surface area contributed by atoms with Crippen LogP contribution in [-0.4, -0.2) is 29.8 Å². The van der Waals surface area contributed by atoms with E-state index < -0.39 is 11.8 Å². The average molecular weight is 345 g/mol. The quantitative estimate of drug-likeness (QED) is 0.747. The number of hydrogen-bond donors (Lipinski definition) is 1. The summed E-state index contributed by atoms with van der Waals surface area (Å²) < 4.78 is 0. The lowest BCUT2D eigenvalue weighted by Gasteiger charge is -2.21. The van der Waals surface area contributed by atoms with Gasteiger partial charge in [-0.1, -0.05) is 49.9 Å². The third kappa shape index (κ3) is 5.85. The zero-order chi connectivity index (χ0) is 16.5. The van der Waals surface area contributed by atoms with Crippen molar-refractivity contribution < 1.29 is 9.59 Å². The maximum absolute atomic E-state index is 12.3. The van der Waals surface area contributed by atoms with Gasteiger partial charge in [-0.25, -0.2) is 0 Å². The van der Waals surface area contributed by atoms with Crippen LogP contribution < -0.4 is 5.32 Å². The van der Waals surface area contributed by atoms with Gasteiger partial charge in [-0.3, -0.25) is 9.59 Å². The molecule has 1 aromatic carbocycles. The van der Waals surface area contributed by atoms with Gasteiger partial charge >= 0.3 is 11.8 Å². The molecule has 0 saturated carbocycles. The first-order valence-electron chi connectivity index (χ1n) is 7.54. The van der Waals surface area contributed by atoms with Gasteiger partial charge in [0.2, 0.25) is 0 Å². The Bertz CT molecular complexity index is 513. The molecule has 0 radical (unpaired) electrons. The maximum atomic E-state index is 12.3. The van der Waals surface area contributed by atoms with Crippen LogP contribution in [-0.2, 0) is 9.59 Å². The second-order valence-electron chi connectivity index (χ2n) is 5.08. The standard InChI is InChI=1S/C16H22Cl2N2O2/c1-3-5-9-20(10-6-4-2)16(22)15(21)19-14-11-12(17)7-8-13(14)18/h7-8,11H,3-6,9-10H2,1-2H3,(H,19,21). The summed E-state index contributed by atoms with van der Waals surface area (Å²) in [6, 6.07) is 4.73. The van der Waals surface area contributed by atoms with Crippen molar-refractivity contribution in [3.63, 3.8) is 0 Å². The fourth-order valence-corrected chi connectivity index (χ4v) is 2.26. The van der Waals surface area contributed by atoms with E-state index in [4.69, 9.17) is 23.2 Å². The van der Waals surface area contributed by atoms with E-state index in [1.807, 2.05) is 13.8 Å². The molecule has 4 nitrogen and oxygen atoms in total. The van der Waals surface area contributed by atoms with E-state index in [-0.39, 0.29) is 0 Å². The molecule has 0 aliphatic heterocycles. The van der Waals surface area contributed by atoms with Gasteiger partial charge in [0, 0.05) is 18.1 Å². The molecule has 0 heterocycles. The van der Waals surface area contributed by atoms with Crippen molar-refractivity contribution in [2.24, 2.45) is 0 Å². The molecule has 2 amide bonds. The molecule has 0 spiro atoms. The van der Waals surface area contributed by atoms with Crippen LogP contribution in [0.15, 0.2) is 18.2 Å². The first-order chi connectivity index (χ1) is 10.5. The van der Waals surface area contributed by atoms with E-state index >= 15 is 0 Å². The number of nitrogens with one attached hydrogen (secondary N) is 1. The highest BCUT2D eigenvalue weighted by atomic mass is 35.5. The Morgan fingerprint density at radius 1 is 1.09 bits per heavy atom. The Morgan fingerprint density at radius 2 is 1.68 bits per heavy atom. The van der Waals surface area contributed by atoms with Crippen molar-refractivity contribution >= 4 is 40.7 Å². The Balaban J connectivity index is 2.75. The molecule has 6 heteroatoms. The molecular weight excluding hydrogens is 323 g/mol. The highest BCUT2D eigenvalue weighted by Crippen LogP contribution is 2.25. The van der Waals surface area contributed by atoms with Gasteiger partial charge in [0.1, 0.15) is 0 Å². The normalized spacial score (nSPS) is 10.4. The van der Waals surface area contributed by atoms with Gasteiger partial charge < -0.3 is 10.2 Å². The molecule has 0 fully saturated rings. The Labute approximate surface area is 141 Å². The smallest absolute Gasteiger partial charge is 0.313 e. The number of unbranched alkanes of at least 4 members (excludes halogenated alkanes) is 2. The minimum atomic E-state index is -0.684. The first kappa shape index (κ1) is 18.8. The fraction of sp³-hybridized carbons (Fsp3) is 0.500. The Kier molecular flexibility index (Phi) is 8.28. The molecular formula is C16H22Cl2N2O2. The molecule has 1 rings (SSSR count). The largest absolute Gasteiger partial charge is 0.334 e. The van der Waals surface area contributed by atoms with Gasteiger partial charge in [-0.2, -0.15) is 0 Å². The Morgan fingerprint density at radius 3 is 2.23 bits per heavy atom. The topological polar surface area (TPSA) is 49.4 Å². The summed E-state index contributed by atoms with van der Waals surface area (Å²) in [5, 5.41) is 3.33. The van der Waals surface area contributed by atoms with Crippen LogP contribution in [0.4, 0.5) is 5.69 Å². The average Bonchev–Trinajstić information content (AvgIpc) is 2.50. The minimum Gasteiger partial charge on any atom is -0.334 e. The van der Waals surface area contributed by atoms with E-state index in [2.05, 4.69) is 5.32 Å². The number of benzene rings is 1. The lowest BCUT2D eigenvalue weighted by atomic mass is 10.2. The molecule has 0 atom stereocenters. The summed E-state index contributed by atoms with van der Waals surface area (Å²) in [7, 11) is 0. The number of carbonyl (C=O) groups excluding carboxylic acids is 2. The van der Waals surface area contributed by atoms with Gasteiger partial charge in [0.15, 0.2) is 0 Å². The summed E-state index contributed by atoms with van der Waals surface area (Å²) in [5.41, 5.74) is 0.346. The summed E-state index contributed by atoms with van der Waals surface area (Å²) in [6.45, 7) is 5.28. The van der Waals surface area contributed by atoms with Gasteiger partial charge in [-0.05, 0) is 31.0 Å². The first-order valence-corrected chi connectivity index (χ1v) is 8.30.